The summed E-state index contributed by atoms with van der Waals surface area (Å²) < 4.78 is 0. The number of pyridine rings is 1. The molecule has 0 bridgehead atoms. The number of carbonyl (C=O) groups is 1. The third-order valence-corrected chi connectivity index (χ3v) is 4.98. The van der Waals surface area contributed by atoms with Gasteiger partial charge in [0.15, 0.2) is 0 Å². The van der Waals surface area contributed by atoms with Crippen LogP contribution in [0.2, 0.25) is 0 Å². The van der Waals surface area contributed by atoms with Crippen LogP contribution in [-0.4, -0.2) is 48.1 Å². The standard InChI is InChI=1S/C18H19N5O/c19-11-13-12-21-16-4-2-1-3-15(16)17(13)22-8-5-14(6-9-22)23-10-7-20-18(23)24/h1-4,12,14H,5-10H2,(H,20,24). The lowest BCUT2D eigenvalue weighted by atomic mass is 10.0. The van der Waals surface area contributed by atoms with Crippen molar-refractivity contribution in [2.75, 3.05) is 31.1 Å². The number of hydrogen-bond donors (Lipinski definition) is 1. The van der Waals surface area contributed by atoms with Crippen LogP contribution < -0.4 is 10.2 Å². The summed E-state index contributed by atoms with van der Waals surface area (Å²) in [6.07, 6.45) is 3.52. The Kier molecular flexibility index (Phi) is 3.69. The number of nitriles is 1. The van der Waals surface area contributed by atoms with E-state index in [0.29, 0.717) is 11.6 Å². The topological polar surface area (TPSA) is 72.3 Å². The number of fused-ring (bicyclic) bond motifs is 1. The van der Waals surface area contributed by atoms with Crippen LogP contribution in [0.15, 0.2) is 30.5 Å². The molecule has 2 saturated heterocycles. The summed E-state index contributed by atoms with van der Waals surface area (Å²) in [7, 11) is 0. The Balaban J connectivity index is 1.61. The quantitative estimate of drug-likeness (QED) is 0.919. The molecule has 122 valence electrons. The van der Waals surface area contributed by atoms with Crippen molar-refractivity contribution in [3.63, 3.8) is 0 Å². The van der Waals surface area contributed by atoms with Crippen molar-refractivity contribution in [3.05, 3.63) is 36.0 Å². The Hall–Kier alpha value is -2.81. The molecule has 0 saturated carbocycles. The van der Waals surface area contributed by atoms with Gasteiger partial charge in [-0.05, 0) is 18.9 Å². The number of nitrogens with zero attached hydrogens (tertiary/aromatic N) is 4. The van der Waals surface area contributed by atoms with E-state index < -0.39 is 0 Å². The van der Waals surface area contributed by atoms with E-state index in [2.05, 4.69) is 21.3 Å². The maximum atomic E-state index is 11.9. The number of benzene rings is 1. The molecule has 3 heterocycles. The number of carbonyl (C=O) groups excluding carboxylic acids is 1. The highest BCUT2D eigenvalue weighted by Gasteiger charge is 2.31. The smallest absolute Gasteiger partial charge is 0.317 e. The van der Waals surface area contributed by atoms with Gasteiger partial charge in [-0.1, -0.05) is 18.2 Å². The molecule has 0 unspecified atom stereocenters. The van der Waals surface area contributed by atoms with Crippen LogP contribution in [0, 0.1) is 11.3 Å². The Labute approximate surface area is 140 Å². The number of rotatable bonds is 2. The predicted molar refractivity (Wildman–Crippen MR) is 91.8 cm³/mol. The number of aromatic nitrogens is 1. The van der Waals surface area contributed by atoms with Crippen molar-refractivity contribution >= 4 is 22.6 Å². The first-order chi connectivity index (χ1) is 11.8. The number of hydrogen-bond acceptors (Lipinski definition) is 4. The molecule has 0 radical (unpaired) electrons. The second kappa shape index (κ2) is 6.00. The largest absolute Gasteiger partial charge is 0.370 e. The highest BCUT2D eigenvalue weighted by Crippen LogP contribution is 2.32. The van der Waals surface area contributed by atoms with E-state index in [4.69, 9.17) is 0 Å². The molecule has 1 N–H and O–H groups in total. The summed E-state index contributed by atoms with van der Waals surface area (Å²) in [6.45, 7) is 3.23. The summed E-state index contributed by atoms with van der Waals surface area (Å²) >= 11 is 0. The second-order valence-corrected chi connectivity index (χ2v) is 6.29. The Morgan fingerprint density at radius 3 is 2.71 bits per heavy atom. The third-order valence-electron chi connectivity index (χ3n) is 4.98. The normalized spacial score (nSPS) is 18.7. The van der Waals surface area contributed by atoms with Gasteiger partial charge in [-0.15, -0.1) is 0 Å². The first-order valence-corrected chi connectivity index (χ1v) is 8.35. The van der Waals surface area contributed by atoms with Crippen molar-refractivity contribution < 1.29 is 4.79 Å². The van der Waals surface area contributed by atoms with Crippen LogP contribution >= 0.6 is 0 Å². The van der Waals surface area contributed by atoms with Gasteiger partial charge in [0.2, 0.25) is 0 Å². The summed E-state index contributed by atoms with van der Waals surface area (Å²) in [5.74, 6) is 0. The molecule has 1 aromatic heterocycles. The highest BCUT2D eigenvalue weighted by molar-refractivity contribution is 5.94. The van der Waals surface area contributed by atoms with Gasteiger partial charge in [-0.3, -0.25) is 4.98 Å². The van der Waals surface area contributed by atoms with E-state index in [-0.39, 0.29) is 6.03 Å². The van der Waals surface area contributed by atoms with Crippen molar-refractivity contribution in [1.29, 1.82) is 5.26 Å². The zero-order chi connectivity index (χ0) is 16.5. The lowest BCUT2D eigenvalue weighted by molar-refractivity contribution is 0.186. The molecule has 0 atom stereocenters. The Bertz CT molecular complexity index is 820. The van der Waals surface area contributed by atoms with Gasteiger partial charge in [0.1, 0.15) is 6.07 Å². The monoisotopic (exact) mass is 321 g/mol. The van der Waals surface area contributed by atoms with Crippen LogP contribution in [0.1, 0.15) is 18.4 Å². The summed E-state index contributed by atoms with van der Waals surface area (Å²) in [5, 5.41) is 13.4. The average Bonchev–Trinajstić information content (AvgIpc) is 3.07. The van der Waals surface area contributed by atoms with Crippen LogP contribution in [0.3, 0.4) is 0 Å². The number of piperidine rings is 1. The molecule has 2 amide bonds. The molecule has 2 fully saturated rings. The van der Waals surface area contributed by atoms with E-state index in [1.807, 2.05) is 29.2 Å². The fraction of sp³-hybridized carbons (Fsp3) is 0.389. The molecule has 0 aliphatic carbocycles. The van der Waals surface area contributed by atoms with E-state index in [0.717, 1.165) is 55.6 Å². The first-order valence-electron chi connectivity index (χ1n) is 8.35. The molecule has 2 aliphatic rings. The Morgan fingerprint density at radius 1 is 1.21 bits per heavy atom. The minimum atomic E-state index is 0.0560. The van der Waals surface area contributed by atoms with Crippen molar-refractivity contribution in [2.45, 2.75) is 18.9 Å². The van der Waals surface area contributed by atoms with Crippen LogP contribution in [0.4, 0.5) is 10.5 Å². The number of urea groups is 1. The van der Waals surface area contributed by atoms with E-state index in [1.165, 1.54) is 0 Å². The van der Waals surface area contributed by atoms with Crippen LogP contribution in [-0.2, 0) is 0 Å². The fourth-order valence-electron chi connectivity index (χ4n) is 3.79. The third kappa shape index (κ3) is 2.42. The van der Waals surface area contributed by atoms with Crippen molar-refractivity contribution in [1.82, 2.24) is 15.2 Å². The molecular formula is C18H19N5O. The average molecular weight is 321 g/mol. The molecule has 2 aliphatic heterocycles. The minimum Gasteiger partial charge on any atom is -0.370 e. The van der Waals surface area contributed by atoms with Gasteiger partial charge in [0.25, 0.3) is 0 Å². The van der Waals surface area contributed by atoms with Gasteiger partial charge in [-0.25, -0.2) is 4.79 Å². The number of anilines is 1. The SMILES string of the molecule is N#Cc1cnc2ccccc2c1N1CCC(N2CCNC2=O)CC1. The van der Waals surface area contributed by atoms with Gasteiger partial charge >= 0.3 is 6.03 Å². The van der Waals surface area contributed by atoms with Gasteiger partial charge in [0.05, 0.1) is 16.8 Å². The maximum absolute atomic E-state index is 11.9. The van der Waals surface area contributed by atoms with Gasteiger partial charge in [0, 0.05) is 43.8 Å². The first kappa shape index (κ1) is 14.8. The zero-order valence-electron chi connectivity index (χ0n) is 13.4. The van der Waals surface area contributed by atoms with Crippen LogP contribution in [0.5, 0.6) is 0 Å². The molecule has 2 aromatic rings. The summed E-state index contributed by atoms with van der Waals surface area (Å²) in [6, 6.07) is 10.6. The number of para-hydroxylation sites is 1. The predicted octanol–water partition coefficient (Wildman–Crippen LogP) is 2.10. The lowest BCUT2D eigenvalue weighted by Crippen LogP contribution is -2.46. The maximum Gasteiger partial charge on any atom is 0.317 e. The minimum absolute atomic E-state index is 0.0560. The van der Waals surface area contributed by atoms with E-state index in [1.54, 1.807) is 6.20 Å². The van der Waals surface area contributed by atoms with E-state index >= 15 is 0 Å². The van der Waals surface area contributed by atoms with E-state index in [9.17, 15) is 10.1 Å². The molecular weight excluding hydrogens is 302 g/mol. The molecule has 24 heavy (non-hydrogen) atoms. The summed E-state index contributed by atoms with van der Waals surface area (Å²) in [4.78, 5) is 20.5. The lowest BCUT2D eigenvalue weighted by Gasteiger charge is -2.38. The number of nitrogens with one attached hydrogen (secondary N) is 1. The van der Waals surface area contributed by atoms with Gasteiger partial charge < -0.3 is 15.1 Å². The van der Waals surface area contributed by atoms with Crippen molar-refractivity contribution in [3.8, 4) is 6.07 Å². The fourth-order valence-corrected chi connectivity index (χ4v) is 3.79. The molecule has 4 rings (SSSR count). The van der Waals surface area contributed by atoms with Crippen LogP contribution in [0.25, 0.3) is 10.9 Å². The Morgan fingerprint density at radius 2 is 2.00 bits per heavy atom. The zero-order valence-corrected chi connectivity index (χ0v) is 13.4. The molecule has 6 nitrogen and oxygen atoms in total. The summed E-state index contributed by atoms with van der Waals surface area (Å²) in [5.41, 5.74) is 2.51. The van der Waals surface area contributed by atoms with Gasteiger partial charge in [-0.2, -0.15) is 5.26 Å². The second-order valence-electron chi connectivity index (χ2n) is 6.29. The molecule has 1 aromatic carbocycles. The van der Waals surface area contributed by atoms with Crippen molar-refractivity contribution in [2.24, 2.45) is 0 Å². The molecule has 6 heteroatoms. The number of amides is 2. The molecule has 0 spiro atoms. The highest BCUT2D eigenvalue weighted by atomic mass is 16.2.